The molecule has 0 saturated heterocycles. The molecule has 0 fully saturated rings. The van der Waals surface area contributed by atoms with E-state index in [4.69, 9.17) is 0 Å². The molecule has 2 N–H and O–H groups in total. The second-order valence-electron chi connectivity index (χ2n) is 7.57. The Morgan fingerprint density at radius 2 is 1.12 bits per heavy atom. The van der Waals surface area contributed by atoms with Gasteiger partial charge in [-0.1, -0.05) is 114 Å². The Balaban J connectivity index is 0.00000576. The number of hydrogen-bond donors (Lipinski definition) is 0. The second-order valence-corrected chi connectivity index (χ2v) is 7.57. The van der Waals surface area contributed by atoms with E-state index in [9.17, 15) is 0 Å². The van der Waals surface area contributed by atoms with Gasteiger partial charge in [-0.05, 0) is 26.1 Å². The van der Waals surface area contributed by atoms with Crippen molar-refractivity contribution < 1.29 is 5.48 Å². The standard InChI is InChI=1S/C23H41N.H2O/c1-4-5-6-7-8-9-10-11-12-13-14-18-21-23(24(2)3)22-19-16-15-17-20-22;/h15-17,19-20,23H,4-14,18,21H2,1-3H3;1H2. The van der Waals surface area contributed by atoms with Crippen molar-refractivity contribution in [2.75, 3.05) is 14.1 Å². The largest absolute Gasteiger partial charge is 0.412 e. The van der Waals surface area contributed by atoms with Crippen LogP contribution in [0.2, 0.25) is 0 Å². The highest BCUT2D eigenvalue weighted by atomic mass is 16.0. The molecule has 0 aliphatic rings. The summed E-state index contributed by atoms with van der Waals surface area (Å²) in [6.07, 6.45) is 18.4. The molecule has 0 radical (unpaired) electrons. The Kier molecular flexibility index (Phi) is 16.0. The summed E-state index contributed by atoms with van der Waals surface area (Å²) >= 11 is 0. The van der Waals surface area contributed by atoms with Crippen LogP contribution in [0, 0.1) is 0 Å². The number of rotatable bonds is 15. The Morgan fingerprint density at radius 1 is 0.680 bits per heavy atom. The van der Waals surface area contributed by atoms with Crippen molar-refractivity contribution in [3.8, 4) is 0 Å². The van der Waals surface area contributed by atoms with E-state index in [2.05, 4.69) is 56.3 Å². The summed E-state index contributed by atoms with van der Waals surface area (Å²) < 4.78 is 0. The molecular formula is C23H43NO. The van der Waals surface area contributed by atoms with Crippen LogP contribution in [0.3, 0.4) is 0 Å². The van der Waals surface area contributed by atoms with Crippen LogP contribution in [0.25, 0.3) is 0 Å². The zero-order chi connectivity index (χ0) is 17.5. The molecule has 0 aliphatic carbocycles. The number of unbranched alkanes of at least 4 members (excludes halogenated alkanes) is 11. The van der Waals surface area contributed by atoms with Gasteiger partial charge in [-0.3, -0.25) is 0 Å². The molecule has 25 heavy (non-hydrogen) atoms. The molecule has 0 aromatic heterocycles. The average Bonchev–Trinajstić information content (AvgIpc) is 2.59. The van der Waals surface area contributed by atoms with E-state index >= 15 is 0 Å². The topological polar surface area (TPSA) is 34.7 Å². The highest BCUT2D eigenvalue weighted by Gasteiger charge is 2.12. The van der Waals surface area contributed by atoms with Gasteiger partial charge in [-0.25, -0.2) is 0 Å². The molecule has 146 valence electrons. The maximum absolute atomic E-state index is 2.37. The van der Waals surface area contributed by atoms with E-state index < -0.39 is 0 Å². The molecule has 1 atom stereocenters. The zero-order valence-electron chi connectivity index (χ0n) is 17.1. The maximum Gasteiger partial charge on any atom is 0.0342 e. The fraction of sp³-hybridized carbons (Fsp3) is 0.739. The summed E-state index contributed by atoms with van der Waals surface area (Å²) in [4.78, 5) is 2.37. The van der Waals surface area contributed by atoms with Crippen molar-refractivity contribution >= 4 is 0 Å². The lowest BCUT2D eigenvalue weighted by Gasteiger charge is -2.24. The lowest BCUT2D eigenvalue weighted by atomic mass is 9.98. The van der Waals surface area contributed by atoms with Crippen LogP contribution in [-0.2, 0) is 0 Å². The first-order valence-electron chi connectivity index (χ1n) is 10.5. The monoisotopic (exact) mass is 349 g/mol. The van der Waals surface area contributed by atoms with Gasteiger partial charge in [0.05, 0.1) is 0 Å². The molecular weight excluding hydrogens is 306 g/mol. The van der Waals surface area contributed by atoms with Gasteiger partial charge < -0.3 is 10.4 Å². The van der Waals surface area contributed by atoms with Gasteiger partial charge in [0.25, 0.3) is 0 Å². The quantitative estimate of drug-likeness (QED) is 0.330. The van der Waals surface area contributed by atoms with Crippen molar-refractivity contribution in [1.82, 2.24) is 4.90 Å². The van der Waals surface area contributed by atoms with Crippen molar-refractivity contribution in [1.29, 1.82) is 0 Å². The highest BCUT2D eigenvalue weighted by Crippen LogP contribution is 2.24. The molecule has 1 rings (SSSR count). The van der Waals surface area contributed by atoms with Crippen molar-refractivity contribution in [3.63, 3.8) is 0 Å². The number of benzene rings is 1. The van der Waals surface area contributed by atoms with E-state index in [1.165, 1.54) is 89.0 Å². The Bertz CT molecular complexity index is 377. The summed E-state index contributed by atoms with van der Waals surface area (Å²) in [5.41, 5.74) is 1.46. The molecule has 2 nitrogen and oxygen atoms in total. The smallest absolute Gasteiger partial charge is 0.0342 e. The first-order valence-corrected chi connectivity index (χ1v) is 10.5. The minimum Gasteiger partial charge on any atom is -0.412 e. The average molecular weight is 350 g/mol. The van der Waals surface area contributed by atoms with Gasteiger partial charge in [0.15, 0.2) is 0 Å². The van der Waals surface area contributed by atoms with Crippen LogP contribution >= 0.6 is 0 Å². The van der Waals surface area contributed by atoms with Crippen LogP contribution in [0.5, 0.6) is 0 Å². The Hall–Kier alpha value is -0.860. The van der Waals surface area contributed by atoms with Gasteiger partial charge in [-0.15, -0.1) is 0 Å². The number of hydrogen-bond acceptors (Lipinski definition) is 1. The molecule has 0 aliphatic heterocycles. The van der Waals surface area contributed by atoms with E-state index in [0.29, 0.717) is 6.04 Å². The summed E-state index contributed by atoms with van der Waals surface area (Å²) in [6.45, 7) is 2.29. The lowest BCUT2D eigenvalue weighted by Crippen LogP contribution is -2.19. The first-order chi connectivity index (χ1) is 11.8. The third-order valence-electron chi connectivity index (χ3n) is 5.14. The van der Waals surface area contributed by atoms with Crippen LogP contribution in [0.1, 0.15) is 102 Å². The summed E-state index contributed by atoms with van der Waals surface area (Å²) in [5.74, 6) is 0. The van der Waals surface area contributed by atoms with Gasteiger partial charge in [0.2, 0.25) is 0 Å². The van der Waals surface area contributed by atoms with Crippen molar-refractivity contribution in [3.05, 3.63) is 35.9 Å². The maximum atomic E-state index is 2.37. The molecule has 0 heterocycles. The Morgan fingerprint density at radius 3 is 1.56 bits per heavy atom. The summed E-state index contributed by atoms with van der Waals surface area (Å²) in [5, 5.41) is 0. The van der Waals surface area contributed by atoms with Crippen LogP contribution in [0.4, 0.5) is 0 Å². The number of nitrogens with zero attached hydrogens (tertiary/aromatic N) is 1. The molecule has 1 unspecified atom stereocenters. The molecule has 0 saturated carbocycles. The third kappa shape index (κ3) is 12.2. The fourth-order valence-electron chi connectivity index (χ4n) is 3.58. The molecule has 0 amide bonds. The minimum atomic E-state index is 0. The van der Waals surface area contributed by atoms with E-state index in [1.54, 1.807) is 0 Å². The first kappa shape index (κ1) is 24.1. The SMILES string of the molecule is CCCCCCCCCCCCCCC(c1ccccc1)N(C)C.O. The summed E-state index contributed by atoms with van der Waals surface area (Å²) in [7, 11) is 4.41. The molecule has 2 heteroatoms. The minimum absolute atomic E-state index is 0. The van der Waals surface area contributed by atoms with Gasteiger partial charge >= 0.3 is 0 Å². The van der Waals surface area contributed by atoms with Gasteiger partial charge in [-0.2, -0.15) is 0 Å². The van der Waals surface area contributed by atoms with Gasteiger partial charge in [0.1, 0.15) is 0 Å². The van der Waals surface area contributed by atoms with E-state index in [1.807, 2.05) is 0 Å². The van der Waals surface area contributed by atoms with Crippen molar-refractivity contribution in [2.45, 2.75) is 96.4 Å². The molecule has 0 spiro atoms. The van der Waals surface area contributed by atoms with Crippen molar-refractivity contribution in [2.24, 2.45) is 0 Å². The van der Waals surface area contributed by atoms with Crippen LogP contribution < -0.4 is 0 Å². The molecule has 0 bridgehead atoms. The van der Waals surface area contributed by atoms with E-state index in [0.717, 1.165) is 0 Å². The molecule has 1 aromatic rings. The molecule has 1 aromatic carbocycles. The van der Waals surface area contributed by atoms with Crippen LogP contribution in [0.15, 0.2) is 30.3 Å². The fourth-order valence-corrected chi connectivity index (χ4v) is 3.58. The van der Waals surface area contributed by atoms with Gasteiger partial charge in [0, 0.05) is 6.04 Å². The second kappa shape index (κ2) is 16.6. The zero-order valence-corrected chi connectivity index (χ0v) is 17.1. The highest BCUT2D eigenvalue weighted by molar-refractivity contribution is 5.18. The van der Waals surface area contributed by atoms with Crippen LogP contribution in [-0.4, -0.2) is 24.5 Å². The third-order valence-corrected chi connectivity index (χ3v) is 5.14. The predicted octanol–water partition coefficient (Wildman–Crippen LogP) is 6.56. The predicted molar refractivity (Wildman–Crippen MR) is 112 cm³/mol. The Labute approximate surface area is 157 Å². The van der Waals surface area contributed by atoms with E-state index in [-0.39, 0.29) is 5.48 Å². The lowest BCUT2D eigenvalue weighted by molar-refractivity contribution is 0.276. The summed E-state index contributed by atoms with van der Waals surface area (Å²) in [6, 6.07) is 11.5. The normalized spacial score (nSPS) is 12.2.